The Morgan fingerprint density at radius 2 is 1.84 bits per heavy atom. The zero-order valence-corrected chi connectivity index (χ0v) is 14.7. The molecule has 6 nitrogen and oxygen atoms in total. The average molecular weight is 340 g/mol. The largest absolute Gasteiger partial charge is 0.366 e. The van der Waals surface area contributed by atoms with E-state index in [9.17, 15) is 9.59 Å². The fourth-order valence-corrected chi connectivity index (χ4v) is 3.46. The van der Waals surface area contributed by atoms with Crippen LogP contribution in [-0.4, -0.2) is 39.1 Å². The van der Waals surface area contributed by atoms with E-state index in [0.717, 1.165) is 37.2 Å². The number of carbonyl (C=O) groups is 2. The lowest BCUT2D eigenvalue weighted by Crippen LogP contribution is -2.46. The average Bonchev–Trinajstić information content (AvgIpc) is 2.92. The Morgan fingerprint density at radius 3 is 2.44 bits per heavy atom. The lowest BCUT2D eigenvalue weighted by molar-refractivity contribution is 0.0582. The number of likely N-dealkylation sites (tertiary alicyclic amines) is 1. The summed E-state index contributed by atoms with van der Waals surface area (Å²) in [5.41, 5.74) is 8.37. The highest BCUT2D eigenvalue weighted by molar-refractivity contribution is 5.97. The van der Waals surface area contributed by atoms with E-state index in [0.29, 0.717) is 17.7 Å². The standard InChI is InChI=1S/C19H24N4O2/c1-13-11-14(2)23(21-13)12-17-5-3-4-10-22(17)19(25)16-8-6-15(7-9-16)18(20)24/h6-9,11,17H,3-5,10,12H2,1-2H3,(H2,20,24). The lowest BCUT2D eigenvalue weighted by atomic mass is 10.00. The molecule has 2 N–H and O–H groups in total. The molecular weight excluding hydrogens is 316 g/mol. The van der Waals surface area contributed by atoms with Crippen molar-refractivity contribution in [1.82, 2.24) is 14.7 Å². The summed E-state index contributed by atoms with van der Waals surface area (Å²) in [5.74, 6) is -0.485. The van der Waals surface area contributed by atoms with E-state index < -0.39 is 5.91 Å². The Labute approximate surface area is 147 Å². The molecule has 2 aromatic rings. The molecule has 0 radical (unpaired) electrons. The van der Waals surface area contributed by atoms with Gasteiger partial charge in [0.05, 0.1) is 18.3 Å². The van der Waals surface area contributed by atoms with Crippen molar-refractivity contribution in [3.8, 4) is 0 Å². The molecule has 1 aromatic heterocycles. The fraction of sp³-hybridized carbons (Fsp3) is 0.421. The predicted octanol–water partition coefficient (Wildman–Crippen LogP) is 2.29. The molecule has 132 valence electrons. The van der Waals surface area contributed by atoms with E-state index >= 15 is 0 Å². The molecule has 1 aliphatic rings. The number of benzene rings is 1. The van der Waals surface area contributed by atoms with Gasteiger partial charge in [0, 0.05) is 23.4 Å². The maximum atomic E-state index is 13.0. The number of aromatic nitrogens is 2. The van der Waals surface area contributed by atoms with Crippen LogP contribution in [0.15, 0.2) is 30.3 Å². The Morgan fingerprint density at radius 1 is 1.16 bits per heavy atom. The number of piperidine rings is 1. The molecule has 1 aliphatic heterocycles. The van der Waals surface area contributed by atoms with Crippen LogP contribution >= 0.6 is 0 Å². The highest BCUT2D eigenvalue weighted by atomic mass is 16.2. The third-order valence-corrected chi connectivity index (χ3v) is 4.79. The third kappa shape index (κ3) is 3.73. The summed E-state index contributed by atoms with van der Waals surface area (Å²) in [5, 5.41) is 4.53. The molecule has 6 heteroatoms. The minimum atomic E-state index is -0.487. The molecule has 1 fully saturated rings. The first kappa shape index (κ1) is 17.2. The molecule has 0 saturated carbocycles. The highest BCUT2D eigenvalue weighted by Crippen LogP contribution is 2.22. The highest BCUT2D eigenvalue weighted by Gasteiger charge is 2.28. The summed E-state index contributed by atoms with van der Waals surface area (Å²) in [4.78, 5) is 26.1. The van der Waals surface area contributed by atoms with Gasteiger partial charge in [0.1, 0.15) is 0 Å². The summed E-state index contributed by atoms with van der Waals surface area (Å²) in [6.45, 7) is 5.48. The predicted molar refractivity (Wildman–Crippen MR) is 95.3 cm³/mol. The van der Waals surface area contributed by atoms with Gasteiger partial charge in [-0.3, -0.25) is 14.3 Å². The number of nitrogens with zero attached hydrogens (tertiary/aromatic N) is 3. The van der Waals surface area contributed by atoms with E-state index in [1.54, 1.807) is 24.3 Å². The van der Waals surface area contributed by atoms with Crippen molar-refractivity contribution in [3.05, 3.63) is 52.8 Å². The van der Waals surface area contributed by atoms with Crippen LogP contribution in [0, 0.1) is 13.8 Å². The normalized spacial score (nSPS) is 17.5. The Bertz CT molecular complexity index is 779. The second-order valence-corrected chi connectivity index (χ2v) is 6.70. The van der Waals surface area contributed by atoms with Gasteiger partial charge in [-0.25, -0.2) is 0 Å². The van der Waals surface area contributed by atoms with Crippen molar-refractivity contribution in [2.24, 2.45) is 5.73 Å². The van der Waals surface area contributed by atoms with Crippen LogP contribution in [0.1, 0.15) is 51.4 Å². The summed E-state index contributed by atoms with van der Waals surface area (Å²) >= 11 is 0. The van der Waals surface area contributed by atoms with Gasteiger partial charge in [-0.05, 0) is 63.4 Å². The molecule has 1 atom stereocenters. The van der Waals surface area contributed by atoms with Gasteiger partial charge in [-0.1, -0.05) is 0 Å². The van der Waals surface area contributed by atoms with E-state index in [-0.39, 0.29) is 11.9 Å². The monoisotopic (exact) mass is 340 g/mol. The number of hydrogen-bond donors (Lipinski definition) is 1. The van der Waals surface area contributed by atoms with Crippen molar-refractivity contribution >= 4 is 11.8 Å². The van der Waals surface area contributed by atoms with Crippen molar-refractivity contribution in [2.45, 2.75) is 45.7 Å². The smallest absolute Gasteiger partial charge is 0.254 e. The lowest BCUT2D eigenvalue weighted by Gasteiger charge is -2.36. The van der Waals surface area contributed by atoms with Crippen molar-refractivity contribution < 1.29 is 9.59 Å². The Kier molecular flexibility index (Phi) is 4.88. The number of primary amides is 1. The number of nitrogens with two attached hydrogens (primary N) is 1. The SMILES string of the molecule is Cc1cc(C)n(CC2CCCCN2C(=O)c2ccc(C(N)=O)cc2)n1. The van der Waals surface area contributed by atoms with Crippen LogP contribution in [0.5, 0.6) is 0 Å². The van der Waals surface area contributed by atoms with Gasteiger partial charge in [0.25, 0.3) is 5.91 Å². The van der Waals surface area contributed by atoms with Crippen LogP contribution in [-0.2, 0) is 6.54 Å². The van der Waals surface area contributed by atoms with Gasteiger partial charge in [0.2, 0.25) is 5.91 Å². The summed E-state index contributed by atoms with van der Waals surface area (Å²) in [6.07, 6.45) is 3.11. The summed E-state index contributed by atoms with van der Waals surface area (Å²) in [6, 6.07) is 8.76. The summed E-state index contributed by atoms with van der Waals surface area (Å²) in [7, 11) is 0. The molecular formula is C19H24N4O2. The first-order valence-electron chi connectivity index (χ1n) is 8.67. The van der Waals surface area contributed by atoms with Crippen LogP contribution in [0.25, 0.3) is 0 Å². The number of aryl methyl sites for hydroxylation is 2. The zero-order valence-electron chi connectivity index (χ0n) is 14.7. The van der Waals surface area contributed by atoms with Gasteiger partial charge in [-0.15, -0.1) is 0 Å². The second kappa shape index (κ2) is 7.09. The molecule has 3 rings (SSSR count). The number of amides is 2. The molecule has 2 amide bonds. The zero-order chi connectivity index (χ0) is 18.0. The van der Waals surface area contributed by atoms with Crippen molar-refractivity contribution in [3.63, 3.8) is 0 Å². The molecule has 1 aromatic carbocycles. The van der Waals surface area contributed by atoms with Gasteiger partial charge in [0.15, 0.2) is 0 Å². The van der Waals surface area contributed by atoms with Crippen LogP contribution in [0.2, 0.25) is 0 Å². The van der Waals surface area contributed by atoms with E-state index in [1.807, 2.05) is 23.4 Å². The topological polar surface area (TPSA) is 81.2 Å². The number of carbonyl (C=O) groups excluding carboxylic acids is 2. The number of hydrogen-bond acceptors (Lipinski definition) is 3. The van der Waals surface area contributed by atoms with Crippen LogP contribution in [0.3, 0.4) is 0 Å². The van der Waals surface area contributed by atoms with Gasteiger partial charge in [-0.2, -0.15) is 5.10 Å². The molecule has 0 bridgehead atoms. The quantitative estimate of drug-likeness (QED) is 0.927. The van der Waals surface area contributed by atoms with Crippen molar-refractivity contribution in [1.29, 1.82) is 0 Å². The molecule has 1 unspecified atom stereocenters. The minimum absolute atomic E-state index is 0.00208. The van der Waals surface area contributed by atoms with Gasteiger partial charge >= 0.3 is 0 Å². The maximum absolute atomic E-state index is 13.0. The third-order valence-electron chi connectivity index (χ3n) is 4.79. The van der Waals surface area contributed by atoms with Crippen LogP contribution in [0.4, 0.5) is 0 Å². The fourth-order valence-electron chi connectivity index (χ4n) is 3.46. The maximum Gasteiger partial charge on any atom is 0.254 e. The molecule has 25 heavy (non-hydrogen) atoms. The second-order valence-electron chi connectivity index (χ2n) is 6.70. The van der Waals surface area contributed by atoms with Crippen LogP contribution < -0.4 is 5.73 Å². The first-order chi connectivity index (χ1) is 12.0. The van der Waals surface area contributed by atoms with Crippen molar-refractivity contribution in [2.75, 3.05) is 6.54 Å². The van der Waals surface area contributed by atoms with E-state index in [2.05, 4.69) is 11.2 Å². The number of rotatable bonds is 4. The van der Waals surface area contributed by atoms with Gasteiger partial charge < -0.3 is 10.6 Å². The first-order valence-corrected chi connectivity index (χ1v) is 8.67. The molecule has 2 heterocycles. The molecule has 0 spiro atoms. The van der Waals surface area contributed by atoms with E-state index in [1.165, 1.54) is 0 Å². The summed E-state index contributed by atoms with van der Waals surface area (Å²) < 4.78 is 1.99. The molecule has 1 saturated heterocycles. The molecule has 0 aliphatic carbocycles. The Balaban J connectivity index is 1.78. The Hall–Kier alpha value is -2.63. The van der Waals surface area contributed by atoms with E-state index in [4.69, 9.17) is 5.73 Å². The minimum Gasteiger partial charge on any atom is -0.366 e.